The molecular formula is C30H38ClN5O2. The quantitative estimate of drug-likeness (QED) is 0.107. The Labute approximate surface area is 231 Å². The molecule has 202 valence electrons. The van der Waals surface area contributed by atoms with Crippen LogP contribution in [0.1, 0.15) is 41.0 Å². The molecule has 8 heteroatoms. The van der Waals surface area contributed by atoms with E-state index in [4.69, 9.17) is 16.3 Å². The summed E-state index contributed by atoms with van der Waals surface area (Å²) in [7, 11) is 0. The van der Waals surface area contributed by atoms with Crippen molar-refractivity contribution in [3.8, 4) is 11.6 Å². The number of aromatic nitrogens is 1. The van der Waals surface area contributed by atoms with Crippen LogP contribution in [0.25, 0.3) is 0 Å². The van der Waals surface area contributed by atoms with Crippen molar-refractivity contribution in [3.05, 3.63) is 108 Å². The maximum atomic E-state index is 10.6. The van der Waals surface area contributed by atoms with Crippen molar-refractivity contribution in [3.63, 3.8) is 0 Å². The van der Waals surface area contributed by atoms with Crippen molar-refractivity contribution in [1.82, 2.24) is 20.9 Å². The van der Waals surface area contributed by atoms with Crippen molar-refractivity contribution in [2.75, 3.05) is 6.67 Å². The third-order valence-corrected chi connectivity index (χ3v) is 5.25. The number of nitrogens with one attached hydrogen (secondary N) is 3. The first-order valence-electron chi connectivity index (χ1n) is 12.1. The average molecular weight is 536 g/mol. The molecule has 0 saturated carbocycles. The summed E-state index contributed by atoms with van der Waals surface area (Å²) >= 11 is 6.02. The van der Waals surface area contributed by atoms with Gasteiger partial charge in [-0.25, -0.2) is 4.98 Å². The molecule has 2 aromatic carbocycles. The molecule has 0 aliphatic heterocycles. The predicted octanol–water partition coefficient (Wildman–Crippen LogP) is 6.88. The van der Waals surface area contributed by atoms with Gasteiger partial charge in [-0.15, -0.1) is 0 Å². The van der Waals surface area contributed by atoms with Crippen molar-refractivity contribution in [2.45, 2.75) is 40.3 Å². The van der Waals surface area contributed by atoms with Crippen LogP contribution < -0.4 is 20.7 Å². The monoisotopic (exact) mass is 535 g/mol. The third kappa shape index (κ3) is 12.9. The van der Waals surface area contributed by atoms with Crippen LogP contribution in [0, 0.1) is 13.8 Å². The Kier molecular flexibility index (Phi) is 15.5. The molecule has 0 atom stereocenters. The first kappa shape index (κ1) is 32.1. The van der Waals surface area contributed by atoms with E-state index in [1.54, 1.807) is 48.8 Å². The maximum Gasteiger partial charge on any atom is 0.219 e. The average Bonchev–Trinajstić information content (AvgIpc) is 2.91. The molecule has 0 unspecified atom stereocenters. The highest BCUT2D eigenvalue weighted by molar-refractivity contribution is 6.32. The van der Waals surface area contributed by atoms with Gasteiger partial charge in [-0.05, 0) is 87.8 Å². The molecule has 0 bridgehead atoms. The highest BCUT2D eigenvalue weighted by atomic mass is 35.5. The first-order chi connectivity index (χ1) is 18.2. The predicted molar refractivity (Wildman–Crippen MR) is 160 cm³/mol. The molecule has 0 aliphatic rings. The Morgan fingerprint density at radius 1 is 1.03 bits per heavy atom. The second kappa shape index (κ2) is 18.3. The lowest BCUT2D eigenvalue weighted by Crippen LogP contribution is -2.30. The minimum absolute atomic E-state index is 0.299. The molecule has 7 nitrogen and oxygen atoms in total. The van der Waals surface area contributed by atoms with Crippen LogP contribution in [-0.2, 0) is 6.54 Å². The van der Waals surface area contributed by atoms with Crippen LogP contribution in [0.4, 0.5) is 5.69 Å². The summed E-state index contributed by atoms with van der Waals surface area (Å²) in [5.74, 6) is 0.750. The molecule has 3 rings (SSSR count). The van der Waals surface area contributed by atoms with Crippen molar-refractivity contribution >= 4 is 30.3 Å². The van der Waals surface area contributed by atoms with E-state index in [-0.39, 0.29) is 0 Å². The van der Waals surface area contributed by atoms with E-state index in [0.29, 0.717) is 40.4 Å². The number of carbonyl (C=O) groups excluding carboxylic acids is 1. The zero-order chi connectivity index (χ0) is 28.3. The van der Waals surface area contributed by atoms with Gasteiger partial charge >= 0.3 is 0 Å². The third-order valence-electron chi connectivity index (χ3n) is 4.96. The number of benzene rings is 2. The first-order valence-corrected chi connectivity index (χ1v) is 12.5. The fourth-order valence-corrected chi connectivity index (χ4v) is 2.99. The number of hydrogen-bond donors (Lipinski definition) is 3. The summed E-state index contributed by atoms with van der Waals surface area (Å²) in [4.78, 5) is 18.3. The molecule has 1 aromatic heterocycles. The molecule has 1 heterocycles. The number of pyridine rings is 1. The summed E-state index contributed by atoms with van der Waals surface area (Å²) in [6, 6.07) is 17.0. The Balaban J connectivity index is 0.000000313. The molecule has 0 fully saturated rings. The summed E-state index contributed by atoms with van der Waals surface area (Å²) in [6.07, 6.45) is 4.05. The zero-order valence-corrected chi connectivity index (χ0v) is 23.4. The molecule has 0 radical (unpaired) electrons. The highest BCUT2D eigenvalue weighted by Crippen LogP contribution is 2.31. The number of aliphatic imine (C=N–C) groups is 1. The standard InChI is InChI=1S/C13H9ClN2O2.C11H15N.C6H14N2/c1-15-9-5-6-12(11(14)7-9)18-13-4-2-3-10(8-17)16-13;1-4-12-8-11-6-5-9(2)10(3)7-11;1-4-7-5-8-6(2)3/h2-8H,1H2;4-7,12H,1,8H2,2-3H3;4,6-8H,1,5H2,2-3H3. The molecule has 3 aromatic rings. The number of nitrogens with zero attached hydrogens (tertiary/aromatic N) is 2. The van der Waals surface area contributed by atoms with Gasteiger partial charge in [0.05, 0.1) is 17.4 Å². The lowest BCUT2D eigenvalue weighted by Gasteiger charge is -2.07. The summed E-state index contributed by atoms with van der Waals surface area (Å²) in [5, 5.41) is 9.57. The second-order valence-electron chi connectivity index (χ2n) is 8.34. The minimum Gasteiger partial charge on any atom is -0.437 e. The van der Waals surface area contributed by atoms with Gasteiger partial charge in [0.25, 0.3) is 0 Å². The van der Waals surface area contributed by atoms with Gasteiger partial charge in [0.2, 0.25) is 5.88 Å². The summed E-state index contributed by atoms with van der Waals surface area (Å²) in [6.45, 7) is 20.7. The van der Waals surface area contributed by atoms with Crippen LogP contribution >= 0.6 is 11.6 Å². The number of hydrogen-bond acceptors (Lipinski definition) is 7. The Morgan fingerprint density at radius 3 is 2.34 bits per heavy atom. The van der Waals surface area contributed by atoms with E-state index in [1.807, 2.05) is 0 Å². The molecule has 3 N–H and O–H groups in total. The summed E-state index contributed by atoms with van der Waals surface area (Å²) in [5.41, 5.74) is 4.95. The summed E-state index contributed by atoms with van der Waals surface area (Å²) < 4.78 is 5.49. The van der Waals surface area contributed by atoms with Gasteiger partial charge in [-0.2, -0.15) is 0 Å². The molecule has 0 aliphatic carbocycles. The van der Waals surface area contributed by atoms with E-state index in [2.05, 4.69) is 91.7 Å². The Hall–Kier alpha value is -3.94. The SMILES string of the molecule is C=CNCNC(C)C.C=CNCc1ccc(C)c(C)c1.C=Nc1ccc(Oc2cccc(C=O)n2)c(Cl)c1. The molecular weight excluding hydrogens is 498 g/mol. The van der Waals surface area contributed by atoms with Crippen LogP contribution in [0.2, 0.25) is 5.02 Å². The number of carbonyl (C=O) groups is 1. The number of ether oxygens (including phenoxy) is 1. The molecule has 0 saturated heterocycles. The number of rotatable bonds is 11. The van der Waals surface area contributed by atoms with Crippen LogP contribution in [0.3, 0.4) is 0 Å². The fourth-order valence-electron chi connectivity index (χ4n) is 2.78. The van der Waals surface area contributed by atoms with Crippen molar-refractivity contribution < 1.29 is 9.53 Å². The zero-order valence-electron chi connectivity index (χ0n) is 22.6. The van der Waals surface area contributed by atoms with E-state index in [9.17, 15) is 4.79 Å². The fraction of sp³-hybridized carbons (Fsp3) is 0.233. The van der Waals surface area contributed by atoms with E-state index >= 15 is 0 Å². The van der Waals surface area contributed by atoms with Crippen LogP contribution in [-0.4, -0.2) is 30.7 Å². The highest BCUT2D eigenvalue weighted by Gasteiger charge is 2.05. The normalized spacial score (nSPS) is 9.63. The van der Waals surface area contributed by atoms with Gasteiger partial charge in [-0.1, -0.05) is 49.0 Å². The molecule has 38 heavy (non-hydrogen) atoms. The van der Waals surface area contributed by atoms with E-state index < -0.39 is 0 Å². The molecule has 0 amide bonds. The van der Waals surface area contributed by atoms with Crippen molar-refractivity contribution in [1.29, 1.82) is 0 Å². The Bertz CT molecular complexity index is 1180. The van der Waals surface area contributed by atoms with Gasteiger partial charge in [0.1, 0.15) is 11.4 Å². The van der Waals surface area contributed by atoms with E-state index in [1.165, 1.54) is 16.7 Å². The van der Waals surface area contributed by atoms with E-state index in [0.717, 1.165) is 13.2 Å². The van der Waals surface area contributed by atoms with Gasteiger partial charge in [-0.3, -0.25) is 15.1 Å². The lowest BCUT2D eigenvalue weighted by molar-refractivity contribution is 0.111. The van der Waals surface area contributed by atoms with Crippen molar-refractivity contribution in [2.24, 2.45) is 4.99 Å². The Morgan fingerprint density at radius 2 is 1.76 bits per heavy atom. The van der Waals surface area contributed by atoms with Crippen LogP contribution in [0.5, 0.6) is 11.6 Å². The topological polar surface area (TPSA) is 87.6 Å². The largest absolute Gasteiger partial charge is 0.437 e. The van der Waals surface area contributed by atoms with Gasteiger partial charge in [0.15, 0.2) is 6.29 Å². The van der Waals surface area contributed by atoms with Gasteiger partial charge < -0.3 is 15.4 Å². The smallest absolute Gasteiger partial charge is 0.219 e. The number of aldehydes is 1. The lowest BCUT2D eigenvalue weighted by atomic mass is 10.1. The number of halogens is 1. The van der Waals surface area contributed by atoms with Gasteiger partial charge in [0, 0.05) is 18.7 Å². The maximum absolute atomic E-state index is 10.6. The molecule has 0 spiro atoms. The second-order valence-corrected chi connectivity index (χ2v) is 8.75. The van der Waals surface area contributed by atoms with Crippen LogP contribution in [0.15, 0.2) is 85.1 Å². The minimum atomic E-state index is 0.299. The number of aryl methyl sites for hydroxylation is 2.